The summed E-state index contributed by atoms with van der Waals surface area (Å²) in [6.45, 7) is 0. The zero-order valence-electron chi connectivity index (χ0n) is 28.5. The van der Waals surface area contributed by atoms with Crippen molar-refractivity contribution in [2.75, 3.05) is 0 Å². The van der Waals surface area contributed by atoms with Crippen molar-refractivity contribution in [2.45, 2.75) is 0 Å². The average molecular weight is 657 g/mol. The van der Waals surface area contributed by atoms with Crippen LogP contribution in [-0.2, 0) is 0 Å². The SMILES string of the molecule is c1ccc2c(-c3ccc(-c4ccc5cc(-c6ccc7cc(-c8cccc9ccccc89)ccc7c6)c6cccc7ccc4c5c76)cc3)cccc2c1. The lowest BCUT2D eigenvalue weighted by atomic mass is 9.86. The molecule has 0 radical (unpaired) electrons. The van der Waals surface area contributed by atoms with Gasteiger partial charge in [-0.1, -0.05) is 176 Å². The van der Waals surface area contributed by atoms with Crippen molar-refractivity contribution in [1.29, 1.82) is 0 Å². The molecule has 11 aromatic carbocycles. The van der Waals surface area contributed by atoms with Gasteiger partial charge in [-0.25, -0.2) is 0 Å². The molecule has 0 heteroatoms. The molecule has 0 spiro atoms. The molecule has 0 nitrogen and oxygen atoms in total. The van der Waals surface area contributed by atoms with Gasteiger partial charge in [0.05, 0.1) is 0 Å². The minimum atomic E-state index is 1.24. The van der Waals surface area contributed by atoms with Crippen molar-refractivity contribution in [2.24, 2.45) is 0 Å². The molecule has 0 aromatic heterocycles. The Bertz CT molecular complexity index is 3150. The summed E-state index contributed by atoms with van der Waals surface area (Å²) in [5, 5.41) is 15.4. The number of hydrogen-bond donors (Lipinski definition) is 0. The van der Waals surface area contributed by atoms with Crippen LogP contribution in [0.2, 0.25) is 0 Å². The Balaban J connectivity index is 1.02. The molecule has 52 heavy (non-hydrogen) atoms. The fraction of sp³-hybridized carbons (Fsp3) is 0. The van der Waals surface area contributed by atoms with E-state index in [4.69, 9.17) is 0 Å². The van der Waals surface area contributed by atoms with Crippen LogP contribution in [0.1, 0.15) is 0 Å². The van der Waals surface area contributed by atoms with Gasteiger partial charge in [0.1, 0.15) is 0 Å². The molecule has 0 saturated heterocycles. The standard InChI is InChI=1S/C52H32/c1-3-13-43-33(8-1)10-5-15-45(43)35-18-20-36(21-19-35)47-28-27-42-32-50(48-17-7-12-37-26-29-49(47)52(42)51(37)48)41-25-23-38-30-40(24-22-39(38)31-41)46-16-6-11-34-9-2-4-14-44(34)46/h1-32H. The molecule has 0 N–H and O–H groups in total. The molecule has 0 unspecified atom stereocenters. The van der Waals surface area contributed by atoms with E-state index in [1.54, 1.807) is 0 Å². The predicted molar refractivity (Wildman–Crippen MR) is 224 cm³/mol. The minimum Gasteiger partial charge on any atom is -0.0616 e. The molecule has 0 amide bonds. The van der Waals surface area contributed by atoms with E-state index in [1.165, 1.54) is 109 Å². The Kier molecular flexibility index (Phi) is 6.35. The average Bonchev–Trinajstić information content (AvgIpc) is 3.22. The van der Waals surface area contributed by atoms with E-state index in [2.05, 4.69) is 194 Å². The molecule has 0 heterocycles. The largest absolute Gasteiger partial charge is 0.0616 e. The van der Waals surface area contributed by atoms with E-state index < -0.39 is 0 Å². The van der Waals surface area contributed by atoms with Gasteiger partial charge in [-0.15, -0.1) is 0 Å². The maximum Gasteiger partial charge on any atom is -0.00201 e. The first kappa shape index (κ1) is 29.0. The molecule has 0 bridgehead atoms. The summed E-state index contributed by atoms with van der Waals surface area (Å²) >= 11 is 0. The van der Waals surface area contributed by atoms with Gasteiger partial charge in [0.25, 0.3) is 0 Å². The van der Waals surface area contributed by atoms with Crippen molar-refractivity contribution in [3.8, 4) is 44.5 Å². The molecule has 11 aromatic rings. The second-order valence-electron chi connectivity index (χ2n) is 14.1. The highest BCUT2D eigenvalue weighted by molar-refractivity contribution is 6.28. The normalized spacial score (nSPS) is 11.8. The lowest BCUT2D eigenvalue weighted by Crippen LogP contribution is -1.90. The van der Waals surface area contributed by atoms with E-state index in [-0.39, 0.29) is 0 Å². The highest BCUT2D eigenvalue weighted by atomic mass is 14.2. The summed E-state index contributed by atoms with van der Waals surface area (Å²) in [7, 11) is 0. The van der Waals surface area contributed by atoms with Crippen LogP contribution in [0.25, 0.3) is 109 Å². The smallest absolute Gasteiger partial charge is 0.00201 e. The second kappa shape index (κ2) is 11.4. The molecule has 0 fully saturated rings. The number of fused-ring (bicyclic) bond motifs is 3. The lowest BCUT2D eigenvalue weighted by molar-refractivity contribution is 1.63. The molecular formula is C52H32. The van der Waals surface area contributed by atoms with Gasteiger partial charge in [-0.3, -0.25) is 0 Å². The van der Waals surface area contributed by atoms with E-state index in [0.29, 0.717) is 0 Å². The number of benzene rings is 11. The van der Waals surface area contributed by atoms with Crippen molar-refractivity contribution in [3.63, 3.8) is 0 Å². The van der Waals surface area contributed by atoms with E-state index in [0.717, 1.165) is 0 Å². The maximum absolute atomic E-state index is 2.41. The third-order valence-corrected chi connectivity index (χ3v) is 11.2. The number of rotatable bonds is 4. The predicted octanol–water partition coefficient (Wildman–Crippen LogP) is 14.7. The van der Waals surface area contributed by atoms with Crippen LogP contribution < -0.4 is 0 Å². The molecule has 11 rings (SSSR count). The van der Waals surface area contributed by atoms with E-state index in [1.807, 2.05) is 0 Å². The van der Waals surface area contributed by atoms with Gasteiger partial charge in [-0.05, 0) is 127 Å². The summed E-state index contributed by atoms with van der Waals surface area (Å²) in [5.74, 6) is 0. The molecule has 0 atom stereocenters. The molecule has 0 aliphatic rings. The maximum atomic E-state index is 2.41. The zero-order valence-corrected chi connectivity index (χ0v) is 28.5. The quantitative estimate of drug-likeness (QED) is 0.165. The van der Waals surface area contributed by atoms with Crippen molar-refractivity contribution >= 4 is 64.6 Å². The topological polar surface area (TPSA) is 0 Å². The van der Waals surface area contributed by atoms with Crippen molar-refractivity contribution < 1.29 is 0 Å². The summed E-state index contributed by atoms with van der Waals surface area (Å²) < 4.78 is 0. The summed E-state index contributed by atoms with van der Waals surface area (Å²) in [6.07, 6.45) is 0. The first-order valence-electron chi connectivity index (χ1n) is 18.1. The van der Waals surface area contributed by atoms with Crippen LogP contribution >= 0.6 is 0 Å². The Labute approximate surface area is 302 Å². The Morgan fingerprint density at radius 1 is 0.192 bits per heavy atom. The van der Waals surface area contributed by atoms with Crippen LogP contribution in [0.4, 0.5) is 0 Å². The Morgan fingerprint density at radius 2 is 0.615 bits per heavy atom. The first-order chi connectivity index (χ1) is 25.8. The Morgan fingerprint density at radius 3 is 1.29 bits per heavy atom. The lowest BCUT2D eigenvalue weighted by Gasteiger charge is -2.18. The number of hydrogen-bond acceptors (Lipinski definition) is 0. The Hall–Kier alpha value is -6.76. The third kappa shape index (κ3) is 4.48. The molecule has 0 saturated carbocycles. The van der Waals surface area contributed by atoms with Gasteiger partial charge in [0.15, 0.2) is 0 Å². The highest BCUT2D eigenvalue weighted by Crippen LogP contribution is 2.44. The molecule has 240 valence electrons. The zero-order chi connectivity index (χ0) is 34.2. The van der Waals surface area contributed by atoms with Gasteiger partial charge < -0.3 is 0 Å². The van der Waals surface area contributed by atoms with Crippen LogP contribution in [0, 0.1) is 0 Å². The van der Waals surface area contributed by atoms with Crippen LogP contribution in [0.5, 0.6) is 0 Å². The summed E-state index contributed by atoms with van der Waals surface area (Å²) in [5.41, 5.74) is 10.1. The van der Waals surface area contributed by atoms with Gasteiger partial charge in [0, 0.05) is 0 Å². The molecule has 0 aliphatic carbocycles. The molecule has 0 aliphatic heterocycles. The fourth-order valence-corrected chi connectivity index (χ4v) is 8.68. The van der Waals surface area contributed by atoms with Crippen LogP contribution in [-0.4, -0.2) is 0 Å². The van der Waals surface area contributed by atoms with Crippen molar-refractivity contribution in [1.82, 2.24) is 0 Å². The van der Waals surface area contributed by atoms with Gasteiger partial charge in [0.2, 0.25) is 0 Å². The first-order valence-corrected chi connectivity index (χ1v) is 18.1. The monoisotopic (exact) mass is 656 g/mol. The fourth-order valence-electron chi connectivity index (χ4n) is 8.68. The van der Waals surface area contributed by atoms with E-state index >= 15 is 0 Å². The van der Waals surface area contributed by atoms with Gasteiger partial charge in [-0.2, -0.15) is 0 Å². The summed E-state index contributed by atoms with van der Waals surface area (Å²) in [4.78, 5) is 0. The van der Waals surface area contributed by atoms with Crippen LogP contribution in [0.15, 0.2) is 194 Å². The van der Waals surface area contributed by atoms with Crippen molar-refractivity contribution in [3.05, 3.63) is 194 Å². The highest BCUT2D eigenvalue weighted by Gasteiger charge is 2.16. The second-order valence-corrected chi connectivity index (χ2v) is 14.1. The van der Waals surface area contributed by atoms with Crippen LogP contribution in [0.3, 0.4) is 0 Å². The van der Waals surface area contributed by atoms with E-state index in [9.17, 15) is 0 Å². The molecular weight excluding hydrogens is 625 g/mol. The van der Waals surface area contributed by atoms with Gasteiger partial charge >= 0.3 is 0 Å². The third-order valence-electron chi connectivity index (χ3n) is 11.2. The summed E-state index contributed by atoms with van der Waals surface area (Å²) in [6, 6.07) is 71.8. The minimum absolute atomic E-state index is 1.24.